The van der Waals surface area contributed by atoms with Crippen molar-refractivity contribution in [1.29, 1.82) is 0 Å². The second-order valence-corrected chi connectivity index (χ2v) is 5.86. The molecule has 8 heteroatoms. The predicted octanol–water partition coefficient (Wildman–Crippen LogP) is 2.72. The first kappa shape index (κ1) is 16.6. The average Bonchev–Trinajstić information content (AvgIpc) is 3.30. The molecule has 7 nitrogen and oxygen atoms in total. The molecule has 0 radical (unpaired) electrons. The first-order chi connectivity index (χ1) is 13.2. The summed E-state index contributed by atoms with van der Waals surface area (Å²) in [5.41, 5.74) is 6.34. The number of imidazole rings is 1. The zero-order valence-corrected chi connectivity index (χ0v) is 14.1. The van der Waals surface area contributed by atoms with E-state index in [0.717, 1.165) is 16.6 Å². The minimum absolute atomic E-state index is 0.105. The van der Waals surface area contributed by atoms with Crippen LogP contribution in [0.15, 0.2) is 66.2 Å². The minimum atomic E-state index is -0.312. The van der Waals surface area contributed by atoms with Gasteiger partial charge in [-0.3, -0.25) is 9.89 Å². The lowest BCUT2D eigenvalue weighted by Crippen LogP contribution is -2.22. The number of hydrazone groups is 1. The van der Waals surface area contributed by atoms with E-state index in [0.29, 0.717) is 11.3 Å². The normalized spacial score (nSPS) is 11.3. The van der Waals surface area contributed by atoms with E-state index in [9.17, 15) is 9.18 Å². The monoisotopic (exact) mass is 362 g/mol. The zero-order valence-electron chi connectivity index (χ0n) is 14.1. The lowest BCUT2D eigenvalue weighted by atomic mass is 10.1. The first-order valence-electron chi connectivity index (χ1n) is 8.22. The molecule has 2 N–H and O–H groups in total. The van der Waals surface area contributed by atoms with E-state index in [1.165, 1.54) is 18.3 Å². The van der Waals surface area contributed by atoms with E-state index in [-0.39, 0.29) is 18.3 Å². The molecule has 0 saturated heterocycles. The second-order valence-electron chi connectivity index (χ2n) is 5.86. The Morgan fingerprint density at radius 3 is 2.89 bits per heavy atom. The van der Waals surface area contributed by atoms with E-state index in [4.69, 9.17) is 0 Å². The third-order valence-corrected chi connectivity index (χ3v) is 4.04. The molecular weight excluding hydrogens is 347 g/mol. The number of rotatable bonds is 5. The third-order valence-electron chi connectivity index (χ3n) is 4.04. The Morgan fingerprint density at radius 1 is 1.22 bits per heavy atom. The third kappa shape index (κ3) is 3.59. The summed E-state index contributed by atoms with van der Waals surface area (Å²) in [5.74, 6) is -0.589. The molecule has 0 fully saturated rings. The largest absolute Gasteiger partial charge is 0.321 e. The number of aromatic nitrogens is 4. The number of hydrogen-bond donors (Lipinski definition) is 2. The molecule has 0 unspecified atom stereocenters. The summed E-state index contributed by atoms with van der Waals surface area (Å²) in [6, 6.07) is 13.6. The van der Waals surface area contributed by atoms with Gasteiger partial charge in [-0.1, -0.05) is 12.1 Å². The van der Waals surface area contributed by atoms with Crippen LogP contribution in [0.1, 0.15) is 5.56 Å². The van der Waals surface area contributed by atoms with Crippen LogP contribution in [-0.4, -0.2) is 31.9 Å². The molecule has 0 bridgehead atoms. The average molecular weight is 362 g/mol. The van der Waals surface area contributed by atoms with Gasteiger partial charge in [-0.15, -0.1) is 0 Å². The molecule has 4 aromatic rings. The fourth-order valence-corrected chi connectivity index (χ4v) is 2.74. The quantitative estimate of drug-likeness (QED) is 0.423. The van der Waals surface area contributed by atoms with Crippen LogP contribution in [0.4, 0.5) is 4.39 Å². The molecule has 0 spiro atoms. The van der Waals surface area contributed by atoms with Gasteiger partial charge in [0.1, 0.15) is 12.4 Å². The maximum atomic E-state index is 13.1. The number of aromatic amines is 1. The van der Waals surface area contributed by atoms with Gasteiger partial charge in [0.2, 0.25) is 0 Å². The Bertz CT molecular complexity index is 1110. The second kappa shape index (κ2) is 7.20. The summed E-state index contributed by atoms with van der Waals surface area (Å²) >= 11 is 0. The molecule has 134 valence electrons. The molecule has 2 aromatic carbocycles. The molecular formula is C19H15FN6O. The van der Waals surface area contributed by atoms with Gasteiger partial charge in [0.05, 0.1) is 35.5 Å². The number of fused-ring (bicyclic) bond motifs is 1. The topological polar surface area (TPSA) is 88.0 Å². The zero-order chi connectivity index (χ0) is 18.6. The van der Waals surface area contributed by atoms with Crippen molar-refractivity contribution in [3.05, 3.63) is 72.4 Å². The highest BCUT2D eigenvalue weighted by Crippen LogP contribution is 2.20. The summed E-state index contributed by atoms with van der Waals surface area (Å²) in [5, 5.41) is 10.8. The number of benzene rings is 2. The highest BCUT2D eigenvalue weighted by Gasteiger charge is 2.08. The van der Waals surface area contributed by atoms with Gasteiger partial charge in [-0.25, -0.2) is 14.8 Å². The first-order valence-corrected chi connectivity index (χ1v) is 8.22. The van der Waals surface area contributed by atoms with Gasteiger partial charge in [-0.05, 0) is 36.4 Å². The van der Waals surface area contributed by atoms with E-state index in [1.807, 2.05) is 24.3 Å². The summed E-state index contributed by atoms with van der Waals surface area (Å²) in [6.07, 6.45) is 4.69. The van der Waals surface area contributed by atoms with Crippen LogP contribution < -0.4 is 5.43 Å². The molecule has 27 heavy (non-hydrogen) atoms. The van der Waals surface area contributed by atoms with Crippen LogP contribution in [0, 0.1) is 5.82 Å². The van der Waals surface area contributed by atoms with Crippen molar-refractivity contribution < 1.29 is 9.18 Å². The lowest BCUT2D eigenvalue weighted by molar-refractivity contribution is -0.121. The van der Waals surface area contributed by atoms with Crippen molar-refractivity contribution in [2.45, 2.75) is 6.54 Å². The van der Waals surface area contributed by atoms with Crippen molar-refractivity contribution in [3.63, 3.8) is 0 Å². The van der Waals surface area contributed by atoms with Gasteiger partial charge in [0.15, 0.2) is 0 Å². The number of hydrogen-bond acceptors (Lipinski definition) is 4. The van der Waals surface area contributed by atoms with Gasteiger partial charge in [0, 0.05) is 11.1 Å². The number of nitrogens with zero attached hydrogens (tertiary/aromatic N) is 4. The maximum absolute atomic E-state index is 13.1. The van der Waals surface area contributed by atoms with Crippen molar-refractivity contribution in [1.82, 2.24) is 25.2 Å². The highest BCUT2D eigenvalue weighted by molar-refractivity contribution is 5.89. The highest BCUT2D eigenvalue weighted by atomic mass is 19.1. The van der Waals surface area contributed by atoms with E-state index < -0.39 is 0 Å². The number of para-hydroxylation sites is 2. The van der Waals surface area contributed by atoms with E-state index >= 15 is 0 Å². The van der Waals surface area contributed by atoms with Gasteiger partial charge in [0.25, 0.3) is 5.91 Å². The summed E-state index contributed by atoms with van der Waals surface area (Å²) in [4.78, 5) is 16.4. The lowest BCUT2D eigenvalue weighted by Gasteiger charge is -2.03. The van der Waals surface area contributed by atoms with Crippen molar-refractivity contribution in [2.24, 2.45) is 5.10 Å². The smallest absolute Gasteiger partial charge is 0.260 e. The molecule has 1 amide bonds. The Hall–Kier alpha value is -3.81. The molecule has 0 aliphatic rings. The fraction of sp³-hybridized carbons (Fsp3) is 0.0526. The SMILES string of the molecule is O=C(Cn1cnc2ccccc21)N/N=C/c1cn[nH]c1-c1ccc(F)cc1. The summed E-state index contributed by atoms with van der Waals surface area (Å²) < 4.78 is 14.8. The molecule has 2 aromatic heterocycles. The van der Waals surface area contributed by atoms with Crippen LogP contribution in [0.3, 0.4) is 0 Å². The molecule has 0 aliphatic heterocycles. The van der Waals surface area contributed by atoms with E-state index in [1.54, 1.807) is 29.2 Å². The van der Waals surface area contributed by atoms with Crippen LogP contribution in [0.2, 0.25) is 0 Å². The van der Waals surface area contributed by atoms with Crippen LogP contribution >= 0.6 is 0 Å². The van der Waals surface area contributed by atoms with Gasteiger partial charge in [-0.2, -0.15) is 10.2 Å². The number of nitrogens with one attached hydrogen (secondary N) is 2. The Balaban J connectivity index is 1.43. The number of amides is 1. The van der Waals surface area contributed by atoms with Crippen LogP contribution in [-0.2, 0) is 11.3 Å². The number of carbonyl (C=O) groups excluding carboxylic acids is 1. The number of carbonyl (C=O) groups is 1. The van der Waals surface area contributed by atoms with Crippen molar-refractivity contribution >= 4 is 23.2 Å². The standard InChI is InChI=1S/C19H15FN6O/c20-15-7-5-13(6-8-15)19-14(10-23-25-19)9-22-24-18(27)11-26-12-21-16-3-1-2-4-17(16)26/h1-10,12H,11H2,(H,23,25)(H,24,27)/b22-9+. The summed E-state index contributed by atoms with van der Waals surface area (Å²) in [7, 11) is 0. The van der Waals surface area contributed by atoms with Gasteiger partial charge >= 0.3 is 0 Å². The fourth-order valence-electron chi connectivity index (χ4n) is 2.74. The molecule has 0 atom stereocenters. The van der Waals surface area contributed by atoms with Crippen LogP contribution in [0.5, 0.6) is 0 Å². The number of H-pyrrole nitrogens is 1. The van der Waals surface area contributed by atoms with Crippen LogP contribution in [0.25, 0.3) is 22.3 Å². The minimum Gasteiger partial charge on any atom is -0.321 e. The van der Waals surface area contributed by atoms with Crippen molar-refractivity contribution in [3.8, 4) is 11.3 Å². The van der Waals surface area contributed by atoms with Crippen molar-refractivity contribution in [2.75, 3.05) is 0 Å². The predicted molar refractivity (Wildman–Crippen MR) is 99.5 cm³/mol. The Morgan fingerprint density at radius 2 is 2.04 bits per heavy atom. The van der Waals surface area contributed by atoms with Gasteiger partial charge < -0.3 is 4.57 Å². The molecule has 0 aliphatic carbocycles. The number of halogens is 1. The Labute approximate surface area is 153 Å². The summed E-state index contributed by atoms with van der Waals surface area (Å²) in [6.45, 7) is 0.105. The maximum Gasteiger partial charge on any atom is 0.260 e. The molecule has 0 saturated carbocycles. The molecule has 2 heterocycles. The van der Waals surface area contributed by atoms with E-state index in [2.05, 4.69) is 25.7 Å². The molecule has 4 rings (SSSR count). The Kier molecular flexibility index (Phi) is 4.44.